The van der Waals surface area contributed by atoms with Crippen LogP contribution in [-0.4, -0.2) is 76.0 Å². The van der Waals surface area contributed by atoms with E-state index in [1.54, 1.807) is 28.4 Å². The van der Waals surface area contributed by atoms with Gasteiger partial charge in [0.15, 0.2) is 23.0 Å². The van der Waals surface area contributed by atoms with Crippen molar-refractivity contribution in [3.63, 3.8) is 0 Å². The van der Waals surface area contributed by atoms with Gasteiger partial charge in [0.05, 0.1) is 28.4 Å². The van der Waals surface area contributed by atoms with E-state index in [9.17, 15) is 9.59 Å². The van der Waals surface area contributed by atoms with Crippen molar-refractivity contribution in [1.29, 1.82) is 0 Å². The predicted molar refractivity (Wildman–Crippen MR) is 169 cm³/mol. The molecule has 4 atom stereocenters. The van der Waals surface area contributed by atoms with Gasteiger partial charge in [-0.2, -0.15) is 0 Å². The third-order valence-electron chi connectivity index (χ3n) is 10.7. The van der Waals surface area contributed by atoms with E-state index in [2.05, 4.69) is 34.1 Å². The Morgan fingerprint density at radius 2 is 0.977 bits per heavy atom. The number of fused-ring (bicyclic) bond motifs is 6. The van der Waals surface area contributed by atoms with Crippen LogP contribution in [0.15, 0.2) is 24.3 Å². The Morgan fingerprint density at radius 1 is 0.591 bits per heavy atom. The summed E-state index contributed by atoms with van der Waals surface area (Å²) in [7, 11) is 6.67. The van der Waals surface area contributed by atoms with Gasteiger partial charge in [0.25, 0.3) is 0 Å². The van der Waals surface area contributed by atoms with Crippen molar-refractivity contribution >= 4 is 11.6 Å². The molecule has 0 aromatic heterocycles. The minimum atomic E-state index is 0.130. The second kappa shape index (κ2) is 13.5. The second-order valence-electron chi connectivity index (χ2n) is 13.1. The zero-order chi connectivity index (χ0) is 30.8. The van der Waals surface area contributed by atoms with E-state index in [0.717, 1.165) is 101 Å². The summed E-state index contributed by atoms with van der Waals surface area (Å²) < 4.78 is 22.1. The number of hydrogen-bond acceptors (Lipinski definition) is 8. The predicted octanol–water partition coefficient (Wildman–Crippen LogP) is 5.74. The number of benzene rings is 2. The normalized spacial score (nSPS) is 25.0. The number of ether oxygens (including phenoxy) is 4. The fourth-order valence-corrected chi connectivity index (χ4v) is 8.20. The van der Waals surface area contributed by atoms with Crippen molar-refractivity contribution in [2.24, 2.45) is 11.8 Å². The monoisotopic (exact) mass is 604 g/mol. The molecule has 2 aromatic carbocycles. The molecule has 0 bridgehead atoms. The fraction of sp³-hybridized carbons (Fsp3) is 0.611. The highest BCUT2D eigenvalue weighted by Gasteiger charge is 2.39. The maximum atomic E-state index is 13.2. The highest BCUT2D eigenvalue weighted by atomic mass is 16.5. The van der Waals surface area contributed by atoms with E-state index < -0.39 is 0 Å². The molecule has 0 N–H and O–H groups in total. The number of Topliss-reactive ketones (excluding diaryl/α,β-unsaturated/α-hetero) is 2. The third kappa shape index (κ3) is 6.08. The maximum Gasteiger partial charge on any atom is 0.161 e. The maximum absolute atomic E-state index is 13.2. The third-order valence-corrected chi connectivity index (χ3v) is 10.7. The summed E-state index contributed by atoms with van der Waals surface area (Å²) in [6.45, 7) is 3.67. The molecule has 44 heavy (non-hydrogen) atoms. The van der Waals surface area contributed by atoms with Crippen molar-refractivity contribution < 1.29 is 28.5 Å². The molecule has 4 aliphatic heterocycles. The lowest BCUT2D eigenvalue weighted by Gasteiger charge is -2.43. The highest BCUT2D eigenvalue weighted by molar-refractivity contribution is 5.83. The van der Waals surface area contributed by atoms with Crippen molar-refractivity contribution in [2.75, 3.05) is 54.6 Å². The fourth-order valence-electron chi connectivity index (χ4n) is 8.20. The van der Waals surface area contributed by atoms with E-state index in [0.29, 0.717) is 24.4 Å². The van der Waals surface area contributed by atoms with Crippen LogP contribution in [-0.2, 0) is 22.4 Å². The number of unbranched alkanes of at least 4 members (excludes halogenated alkanes) is 3. The average Bonchev–Trinajstić information content (AvgIpc) is 3.05. The molecule has 6 rings (SSSR count). The van der Waals surface area contributed by atoms with Crippen LogP contribution < -0.4 is 18.9 Å². The summed E-state index contributed by atoms with van der Waals surface area (Å²) >= 11 is 0. The molecule has 0 spiro atoms. The Balaban J connectivity index is 0.946. The topological polar surface area (TPSA) is 77.5 Å². The lowest BCUT2D eigenvalue weighted by molar-refractivity contribution is -0.130. The molecular formula is C36H48N2O6. The number of hydrogen-bond donors (Lipinski definition) is 0. The van der Waals surface area contributed by atoms with Gasteiger partial charge < -0.3 is 18.9 Å². The van der Waals surface area contributed by atoms with E-state index in [1.165, 1.54) is 22.3 Å². The molecule has 2 aromatic rings. The zero-order valence-corrected chi connectivity index (χ0v) is 26.9. The van der Waals surface area contributed by atoms with Crippen LogP contribution in [0.5, 0.6) is 23.0 Å². The molecule has 2 saturated heterocycles. The Hall–Kier alpha value is -3.10. The van der Waals surface area contributed by atoms with E-state index >= 15 is 0 Å². The quantitative estimate of drug-likeness (QED) is 0.301. The van der Waals surface area contributed by atoms with E-state index in [4.69, 9.17) is 18.9 Å². The second-order valence-corrected chi connectivity index (χ2v) is 13.1. The van der Waals surface area contributed by atoms with Crippen LogP contribution in [0.25, 0.3) is 0 Å². The molecule has 2 fully saturated rings. The van der Waals surface area contributed by atoms with Gasteiger partial charge in [-0.3, -0.25) is 19.4 Å². The average molecular weight is 605 g/mol. The lowest BCUT2D eigenvalue weighted by atomic mass is 9.80. The van der Waals surface area contributed by atoms with Gasteiger partial charge in [0.1, 0.15) is 11.6 Å². The van der Waals surface area contributed by atoms with Crippen molar-refractivity contribution in [3.05, 3.63) is 46.5 Å². The number of methoxy groups -OCH3 is 4. The Labute approximate surface area is 262 Å². The zero-order valence-electron chi connectivity index (χ0n) is 26.9. The minimum absolute atomic E-state index is 0.130. The number of piperidine rings is 2. The molecule has 238 valence electrons. The number of ketones is 2. The van der Waals surface area contributed by atoms with Crippen molar-refractivity contribution in [2.45, 2.75) is 76.3 Å². The van der Waals surface area contributed by atoms with Crippen LogP contribution in [0.3, 0.4) is 0 Å². The van der Waals surface area contributed by atoms with E-state index in [1.807, 2.05) is 0 Å². The molecular weight excluding hydrogens is 556 g/mol. The highest BCUT2D eigenvalue weighted by Crippen LogP contribution is 2.44. The Kier molecular flexibility index (Phi) is 9.48. The first-order valence-electron chi connectivity index (χ1n) is 16.5. The molecule has 0 saturated carbocycles. The van der Waals surface area contributed by atoms with Gasteiger partial charge in [-0.05, 0) is 72.2 Å². The van der Waals surface area contributed by atoms with Crippen molar-refractivity contribution in [1.82, 2.24) is 9.80 Å². The number of carbonyl (C=O) groups excluding carboxylic acids is 2. The number of carbonyl (C=O) groups is 2. The molecule has 8 nitrogen and oxygen atoms in total. The molecule has 0 amide bonds. The van der Waals surface area contributed by atoms with Gasteiger partial charge in [0.2, 0.25) is 0 Å². The number of nitrogens with zero attached hydrogens (tertiary/aromatic N) is 2. The van der Waals surface area contributed by atoms with Gasteiger partial charge in [-0.1, -0.05) is 25.7 Å². The summed E-state index contributed by atoms with van der Waals surface area (Å²) in [4.78, 5) is 31.5. The smallest absolute Gasteiger partial charge is 0.161 e. The van der Waals surface area contributed by atoms with Gasteiger partial charge >= 0.3 is 0 Å². The Bertz CT molecular complexity index is 1270. The molecule has 0 radical (unpaired) electrons. The van der Waals surface area contributed by atoms with Crippen LogP contribution in [0, 0.1) is 11.8 Å². The summed E-state index contributed by atoms with van der Waals surface area (Å²) in [5.41, 5.74) is 4.98. The summed E-state index contributed by atoms with van der Waals surface area (Å²) in [5.74, 6) is 4.05. The first-order chi connectivity index (χ1) is 21.4. The SMILES string of the molecule is COc1cc2c(cc1OC)[C@@H]1CC(=O)[C@H](CCCCCC[C@@H]3CN4CCc5cc(OC)c(OC)cc5[C@@H]4CC3=O)CN1CC2. The largest absolute Gasteiger partial charge is 0.493 e. The molecule has 0 aliphatic carbocycles. The first kappa shape index (κ1) is 30.9. The summed E-state index contributed by atoms with van der Waals surface area (Å²) in [6, 6.07) is 8.62. The minimum Gasteiger partial charge on any atom is -0.493 e. The standard InChI is InChI=1S/C36H48N2O6/c1-41-33-15-23-11-13-37-21-25(31(39)19-29(37)27(23)17-35(33)43-3)9-7-5-6-8-10-26-22-38-14-12-24-16-34(42-2)36(44-4)18-28(24)30(38)20-32(26)40/h15-18,25-26,29-30H,5-14,19-22H2,1-4H3/t25-,26-,29+,30+/m1/s1. The summed E-state index contributed by atoms with van der Waals surface area (Å²) in [6.07, 6.45) is 9.43. The van der Waals surface area contributed by atoms with Gasteiger partial charge in [-0.25, -0.2) is 0 Å². The Morgan fingerprint density at radius 3 is 1.36 bits per heavy atom. The first-order valence-corrected chi connectivity index (χ1v) is 16.5. The lowest BCUT2D eigenvalue weighted by Crippen LogP contribution is -2.46. The van der Waals surface area contributed by atoms with Crippen LogP contribution >= 0.6 is 0 Å². The van der Waals surface area contributed by atoms with Crippen LogP contribution in [0.2, 0.25) is 0 Å². The van der Waals surface area contributed by atoms with Gasteiger partial charge in [-0.15, -0.1) is 0 Å². The molecule has 4 aliphatic rings. The van der Waals surface area contributed by atoms with Gasteiger partial charge in [0, 0.05) is 62.9 Å². The van der Waals surface area contributed by atoms with E-state index in [-0.39, 0.29) is 23.9 Å². The molecule has 8 heteroatoms. The molecule has 4 heterocycles. The molecule has 0 unspecified atom stereocenters. The van der Waals surface area contributed by atoms with Crippen molar-refractivity contribution in [3.8, 4) is 23.0 Å². The van der Waals surface area contributed by atoms with Crippen LogP contribution in [0.4, 0.5) is 0 Å². The summed E-state index contributed by atoms with van der Waals surface area (Å²) in [5, 5.41) is 0. The number of rotatable bonds is 11. The van der Waals surface area contributed by atoms with Crippen LogP contribution in [0.1, 0.15) is 85.7 Å².